The lowest BCUT2D eigenvalue weighted by atomic mass is 10.2. The number of carbonyl (C=O) groups excluding carboxylic acids is 1. The first kappa shape index (κ1) is 17.6. The Labute approximate surface area is 142 Å². The van der Waals surface area contributed by atoms with Gasteiger partial charge in [-0.1, -0.05) is 6.07 Å². The van der Waals surface area contributed by atoms with Crippen LogP contribution in [0, 0.1) is 0 Å². The Hall–Kier alpha value is -2.76. The second kappa shape index (κ2) is 8.19. The van der Waals surface area contributed by atoms with Crippen LogP contribution in [0.15, 0.2) is 36.7 Å². The van der Waals surface area contributed by atoms with Crippen LogP contribution < -0.4 is 9.47 Å². The van der Waals surface area contributed by atoms with Crippen molar-refractivity contribution in [1.82, 2.24) is 14.7 Å². The molecular weight excluding hydrogens is 306 g/mol. The Morgan fingerprint density at radius 3 is 2.62 bits per heavy atom. The van der Waals surface area contributed by atoms with Gasteiger partial charge in [0.05, 0.1) is 20.4 Å². The van der Waals surface area contributed by atoms with Crippen molar-refractivity contribution in [3.05, 3.63) is 47.8 Å². The van der Waals surface area contributed by atoms with Crippen LogP contribution >= 0.6 is 0 Å². The normalized spacial score (nSPS) is 10.8. The Morgan fingerprint density at radius 2 is 2.04 bits per heavy atom. The van der Waals surface area contributed by atoms with Gasteiger partial charge in [0.1, 0.15) is 0 Å². The molecule has 0 saturated carbocycles. The molecule has 1 amide bonds. The number of likely N-dealkylation sites (N-methyl/N-ethyl adjacent to an activating group) is 1. The third-order valence-electron chi connectivity index (χ3n) is 3.66. The number of carbonyl (C=O) groups is 1. The Kier molecular flexibility index (Phi) is 6.01. The molecule has 2 aromatic rings. The summed E-state index contributed by atoms with van der Waals surface area (Å²) in [7, 11) is 5.04. The summed E-state index contributed by atoms with van der Waals surface area (Å²) in [6, 6.07) is 5.67. The van der Waals surface area contributed by atoms with Crippen molar-refractivity contribution in [2.24, 2.45) is 7.05 Å². The van der Waals surface area contributed by atoms with Gasteiger partial charge >= 0.3 is 0 Å². The molecule has 0 radical (unpaired) electrons. The molecule has 24 heavy (non-hydrogen) atoms. The minimum absolute atomic E-state index is 0.0452. The third-order valence-corrected chi connectivity index (χ3v) is 3.66. The van der Waals surface area contributed by atoms with Crippen molar-refractivity contribution in [2.45, 2.75) is 13.5 Å². The van der Waals surface area contributed by atoms with Crippen molar-refractivity contribution in [3.63, 3.8) is 0 Å². The summed E-state index contributed by atoms with van der Waals surface area (Å²) in [4.78, 5) is 14.2. The highest BCUT2D eigenvalue weighted by Gasteiger charge is 2.11. The fourth-order valence-corrected chi connectivity index (χ4v) is 2.34. The predicted octanol–water partition coefficient (Wildman–Crippen LogP) is 2.50. The van der Waals surface area contributed by atoms with Gasteiger partial charge in [0.2, 0.25) is 5.91 Å². The first-order valence-electron chi connectivity index (χ1n) is 7.74. The van der Waals surface area contributed by atoms with Gasteiger partial charge in [-0.05, 0) is 30.7 Å². The maximum absolute atomic E-state index is 12.4. The highest BCUT2D eigenvalue weighted by Crippen LogP contribution is 2.28. The van der Waals surface area contributed by atoms with Crippen molar-refractivity contribution in [3.8, 4) is 11.5 Å². The molecule has 0 unspecified atom stereocenters. The summed E-state index contributed by atoms with van der Waals surface area (Å²) in [5.74, 6) is 1.28. The molecule has 1 heterocycles. The molecule has 0 aliphatic carbocycles. The predicted molar refractivity (Wildman–Crippen MR) is 92.9 cm³/mol. The topological polar surface area (TPSA) is 56.6 Å². The van der Waals surface area contributed by atoms with E-state index in [1.807, 2.05) is 38.4 Å². The summed E-state index contributed by atoms with van der Waals surface area (Å²) in [5.41, 5.74) is 1.88. The maximum atomic E-state index is 12.4. The average Bonchev–Trinajstić information content (AvgIpc) is 3.02. The van der Waals surface area contributed by atoms with Gasteiger partial charge < -0.3 is 14.4 Å². The quantitative estimate of drug-likeness (QED) is 0.733. The van der Waals surface area contributed by atoms with Crippen molar-refractivity contribution >= 4 is 12.0 Å². The van der Waals surface area contributed by atoms with E-state index < -0.39 is 0 Å². The number of rotatable bonds is 7. The summed E-state index contributed by atoms with van der Waals surface area (Å²) in [5, 5.41) is 4.08. The van der Waals surface area contributed by atoms with Crippen LogP contribution in [0.2, 0.25) is 0 Å². The fraction of sp³-hybridized carbons (Fsp3) is 0.333. The molecule has 1 aromatic heterocycles. The Bertz CT molecular complexity index is 722. The van der Waals surface area contributed by atoms with E-state index in [1.54, 1.807) is 42.2 Å². The van der Waals surface area contributed by atoms with E-state index in [2.05, 4.69) is 5.10 Å². The molecule has 0 fully saturated rings. The van der Waals surface area contributed by atoms with Gasteiger partial charge in [0.25, 0.3) is 0 Å². The Morgan fingerprint density at radius 1 is 1.29 bits per heavy atom. The average molecular weight is 329 g/mol. The first-order chi connectivity index (χ1) is 11.6. The van der Waals surface area contributed by atoms with Crippen molar-refractivity contribution in [2.75, 3.05) is 20.8 Å². The van der Waals surface area contributed by atoms with Crippen LogP contribution in [0.3, 0.4) is 0 Å². The minimum atomic E-state index is -0.0452. The molecule has 128 valence electrons. The summed E-state index contributed by atoms with van der Waals surface area (Å²) in [6.45, 7) is 3.08. The van der Waals surface area contributed by atoms with Crippen molar-refractivity contribution < 1.29 is 14.3 Å². The molecule has 2 rings (SSSR count). The maximum Gasteiger partial charge on any atom is 0.246 e. The van der Waals surface area contributed by atoms with Crippen LogP contribution in [0.25, 0.3) is 6.08 Å². The number of aryl methyl sites for hydroxylation is 1. The fourth-order valence-electron chi connectivity index (χ4n) is 2.34. The molecule has 0 N–H and O–H groups in total. The van der Waals surface area contributed by atoms with E-state index in [4.69, 9.17) is 9.47 Å². The molecule has 0 aliphatic rings. The van der Waals surface area contributed by atoms with E-state index in [9.17, 15) is 4.79 Å². The third kappa shape index (κ3) is 4.38. The summed E-state index contributed by atoms with van der Waals surface area (Å²) < 4.78 is 12.2. The van der Waals surface area contributed by atoms with Gasteiger partial charge in [-0.15, -0.1) is 0 Å². The largest absolute Gasteiger partial charge is 0.493 e. The zero-order chi connectivity index (χ0) is 17.5. The lowest BCUT2D eigenvalue weighted by Gasteiger charge is -2.20. The molecule has 6 heteroatoms. The molecule has 0 spiro atoms. The van der Waals surface area contributed by atoms with Crippen LogP contribution in [-0.2, 0) is 18.4 Å². The molecule has 0 aliphatic heterocycles. The van der Waals surface area contributed by atoms with Gasteiger partial charge in [0.15, 0.2) is 11.5 Å². The number of hydrogen-bond donors (Lipinski definition) is 0. The van der Waals surface area contributed by atoms with Crippen LogP contribution in [0.4, 0.5) is 0 Å². The number of benzene rings is 1. The lowest BCUT2D eigenvalue weighted by Crippen LogP contribution is -2.28. The zero-order valence-corrected chi connectivity index (χ0v) is 14.5. The molecule has 6 nitrogen and oxygen atoms in total. The second-order valence-corrected chi connectivity index (χ2v) is 5.32. The highest BCUT2D eigenvalue weighted by molar-refractivity contribution is 5.91. The lowest BCUT2D eigenvalue weighted by molar-refractivity contribution is -0.126. The zero-order valence-electron chi connectivity index (χ0n) is 14.5. The smallest absolute Gasteiger partial charge is 0.246 e. The van der Waals surface area contributed by atoms with E-state index in [-0.39, 0.29) is 5.91 Å². The monoisotopic (exact) mass is 329 g/mol. The van der Waals surface area contributed by atoms with Gasteiger partial charge in [-0.2, -0.15) is 5.10 Å². The van der Waals surface area contributed by atoms with Gasteiger partial charge in [0, 0.05) is 38.0 Å². The van der Waals surface area contributed by atoms with Gasteiger partial charge in [-0.3, -0.25) is 9.48 Å². The highest BCUT2D eigenvalue weighted by atomic mass is 16.5. The standard InChI is InChI=1S/C18H23N3O3/c1-5-21(18(22)9-7-15-11-19-20(2)12-15)13-14-6-8-16(23-3)17(10-14)24-4/h6-12H,5,13H2,1-4H3/b9-7+. The summed E-state index contributed by atoms with van der Waals surface area (Å²) >= 11 is 0. The minimum Gasteiger partial charge on any atom is -0.493 e. The molecule has 0 atom stereocenters. The number of aromatic nitrogens is 2. The molecule has 1 aromatic carbocycles. The molecule has 0 saturated heterocycles. The van der Waals surface area contributed by atoms with E-state index in [0.717, 1.165) is 11.1 Å². The first-order valence-corrected chi connectivity index (χ1v) is 7.74. The Balaban J connectivity index is 2.08. The van der Waals surface area contributed by atoms with E-state index >= 15 is 0 Å². The van der Waals surface area contributed by atoms with Gasteiger partial charge in [-0.25, -0.2) is 0 Å². The van der Waals surface area contributed by atoms with E-state index in [1.165, 1.54) is 0 Å². The molecule has 0 bridgehead atoms. The number of amides is 1. The SMILES string of the molecule is CCN(Cc1ccc(OC)c(OC)c1)C(=O)/C=C/c1cnn(C)c1. The number of nitrogens with zero attached hydrogens (tertiary/aromatic N) is 3. The molecular formula is C18H23N3O3. The van der Waals surface area contributed by atoms with Crippen molar-refractivity contribution in [1.29, 1.82) is 0 Å². The number of ether oxygens (including phenoxy) is 2. The van der Waals surface area contributed by atoms with E-state index in [0.29, 0.717) is 24.6 Å². The van der Waals surface area contributed by atoms with Crippen LogP contribution in [0.1, 0.15) is 18.1 Å². The summed E-state index contributed by atoms with van der Waals surface area (Å²) in [6.07, 6.45) is 6.91. The number of hydrogen-bond acceptors (Lipinski definition) is 4. The number of methoxy groups -OCH3 is 2. The van der Waals surface area contributed by atoms with Crippen LogP contribution in [0.5, 0.6) is 11.5 Å². The second-order valence-electron chi connectivity index (χ2n) is 5.32. The van der Waals surface area contributed by atoms with Crippen LogP contribution in [-0.4, -0.2) is 41.4 Å².